The molecule has 74 valence electrons. The van der Waals surface area contributed by atoms with Gasteiger partial charge in [0.2, 0.25) is 0 Å². The van der Waals surface area contributed by atoms with Gasteiger partial charge in [-0.3, -0.25) is 4.68 Å². The molecule has 0 saturated carbocycles. The van der Waals surface area contributed by atoms with Crippen molar-refractivity contribution in [3.05, 3.63) is 18.0 Å². The van der Waals surface area contributed by atoms with Crippen LogP contribution in [0.4, 0.5) is 0 Å². The fraction of sp³-hybridized carbons (Fsp3) is 0.700. The molecule has 3 heteroatoms. The Hall–Kier alpha value is -0.830. The third-order valence-electron chi connectivity index (χ3n) is 2.25. The normalized spacial score (nSPS) is 13.2. The molecule has 0 bridgehead atoms. The van der Waals surface area contributed by atoms with Crippen molar-refractivity contribution in [3.63, 3.8) is 0 Å². The van der Waals surface area contributed by atoms with Gasteiger partial charge < -0.3 is 5.32 Å². The number of aromatic nitrogens is 2. The molecule has 0 aliphatic rings. The van der Waals surface area contributed by atoms with Crippen LogP contribution in [0.2, 0.25) is 0 Å². The number of hydrogen-bond donors (Lipinski definition) is 1. The highest BCUT2D eigenvalue weighted by Crippen LogP contribution is 2.04. The average Bonchev–Trinajstić information content (AvgIpc) is 2.53. The Labute approximate surface area is 80.1 Å². The predicted octanol–water partition coefficient (Wildman–Crippen LogP) is 1.65. The first-order valence-electron chi connectivity index (χ1n) is 4.93. The van der Waals surface area contributed by atoms with Crippen molar-refractivity contribution >= 4 is 0 Å². The van der Waals surface area contributed by atoms with Crippen LogP contribution in [0.1, 0.15) is 26.0 Å². The second-order valence-electron chi connectivity index (χ2n) is 3.57. The van der Waals surface area contributed by atoms with Gasteiger partial charge in [-0.15, -0.1) is 0 Å². The van der Waals surface area contributed by atoms with Crippen molar-refractivity contribution in [2.45, 2.75) is 33.4 Å². The molecule has 1 N–H and O–H groups in total. The van der Waals surface area contributed by atoms with E-state index in [4.69, 9.17) is 0 Å². The van der Waals surface area contributed by atoms with Crippen LogP contribution in [0.25, 0.3) is 0 Å². The van der Waals surface area contributed by atoms with Crippen molar-refractivity contribution in [2.75, 3.05) is 7.05 Å². The Morgan fingerprint density at radius 2 is 2.38 bits per heavy atom. The van der Waals surface area contributed by atoms with Crippen molar-refractivity contribution in [1.29, 1.82) is 0 Å². The molecule has 3 nitrogen and oxygen atoms in total. The molecular weight excluding hydrogens is 162 g/mol. The standard InChI is InChI=1S/C10H19N3/c1-4-9(2)8-13-6-5-10(12-13)7-11-3/h5-6,9,11H,4,7-8H2,1-3H3. The predicted molar refractivity (Wildman–Crippen MR) is 54.4 cm³/mol. The summed E-state index contributed by atoms with van der Waals surface area (Å²) in [5, 5.41) is 7.53. The lowest BCUT2D eigenvalue weighted by atomic mass is 10.1. The summed E-state index contributed by atoms with van der Waals surface area (Å²) in [6.07, 6.45) is 3.26. The summed E-state index contributed by atoms with van der Waals surface area (Å²) in [6, 6.07) is 2.07. The highest BCUT2D eigenvalue weighted by Gasteiger charge is 2.01. The third-order valence-corrected chi connectivity index (χ3v) is 2.25. The van der Waals surface area contributed by atoms with Crippen LogP contribution in [0, 0.1) is 5.92 Å². The van der Waals surface area contributed by atoms with Crippen molar-refractivity contribution in [1.82, 2.24) is 15.1 Å². The highest BCUT2D eigenvalue weighted by atomic mass is 15.3. The molecule has 13 heavy (non-hydrogen) atoms. The number of rotatable bonds is 5. The van der Waals surface area contributed by atoms with E-state index in [1.54, 1.807) is 0 Å². The summed E-state index contributed by atoms with van der Waals surface area (Å²) in [7, 11) is 1.94. The fourth-order valence-electron chi connectivity index (χ4n) is 1.23. The zero-order chi connectivity index (χ0) is 9.68. The van der Waals surface area contributed by atoms with E-state index in [0.29, 0.717) is 5.92 Å². The minimum atomic E-state index is 0.710. The molecule has 1 unspecified atom stereocenters. The van der Waals surface area contributed by atoms with E-state index in [2.05, 4.69) is 36.5 Å². The zero-order valence-corrected chi connectivity index (χ0v) is 8.75. The first kappa shape index (κ1) is 10.3. The number of nitrogens with zero attached hydrogens (tertiary/aromatic N) is 2. The van der Waals surface area contributed by atoms with E-state index in [9.17, 15) is 0 Å². The van der Waals surface area contributed by atoms with Crippen LogP contribution in [0.3, 0.4) is 0 Å². The van der Waals surface area contributed by atoms with Crippen LogP contribution in [0.15, 0.2) is 12.3 Å². The van der Waals surface area contributed by atoms with Crippen molar-refractivity contribution in [3.8, 4) is 0 Å². The lowest BCUT2D eigenvalue weighted by Gasteiger charge is -2.07. The topological polar surface area (TPSA) is 29.9 Å². The van der Waals surface area contributed by atoms with Crippen LogP contribution >= 0.6 is 0 Å². The van der Waals surface area contributed by atoms with Crippen molar-refractivity contribution in [2.24, 2.45) is 5.92 Å². The van der Waals surface area contributed by atoms with E-state index in [0.717, 1.165) is 18.8 Å². The summed E-state index contributed by atoms with van der Waals surface area (Å²) in [5.41, 5.74) is 1.12. The molecule has 1 aromatic rings. The molecule has 0 aliphatic heterocycles. The maximum absolute atomic E-state index is 4.44. The van der Waals surface area contributed by atoms with Gasteiger partial charge in [0, 0.05) is 19.3 Å². The molecule has 0 radical (unpaired) electrons. The first-order chi connectivity index (χ1) is 6.26. The Kier molecular flexibility index (Phi) is 3.96. The summed E-state index contributed by atoms with van der Waals surface area (Å²) >= 11 is 0. The quantitative estimate of drug-likeness (QED) is 0.748. The maximum Gasteiger partial charge on any atom is 0.0762 e. The van der Waals surface area contributed by atoms with Gasteiger partial charge in [0.15, 0.2) is 0 Å². The lowest BCUT2D eigenvalue weighted by Crippen LogP contribution is -2.09. The highest BCUT2D eigenvalue weighted by molar-refractivity contribution is 4.98. The van der Waals surface area contributed by atoms with E-state index in [1.165, 1.54) is 6.42 Å². The van der Waals surface area contributed by atoms with Gasteiger partial charge in [-0.2, -0.15) is 5.10 Å². The molecule has 1 rings (SSSR count). The van der Waals surface area contributed by atoms with Crippen LogP contribution in [-0.2, 0) is 13.1 Å². The zero-order valence-electron chi connectivity index (χ0n) is 8.75. The Bertz CT molecular complexity index is 242. The van der Waals surface area contributed by atoms with Crippen LogP contribution in [0.5, 0.6) is 0 Å². The molecule has 0 saturated heterocycles. The molecule has 0 aliphatic carbocycles. The van der Waals surface area contributed by atoms with E-state index < -0.39 is 0 Å². The monoisotopic (exact) mass is 181 g/mol. The van der Waals surface area contributed by atoms with Crippen molar-refractivity contribution < 1.29 is 0 Å². The number of hydrogen-bond acceptors (Lipinski definition) is 2. The largest absolute Gasteiger partial charge is 0.314 e. The van der Waals surface area contributed by atoms with E-state index in [1.807, 2.05) is 11.7 Å². The summed E-state index contributed by atoms with van der Waals surface area (Å²) in [4.78, 5) is 0. The van der Waals surface area contributed by atoms with Gasteiger partial charge in [-0.1, -0.05) is 20.3 Å². The van der Waals surface area contributed by atoms with Crippen LogP contribution in [-0.4, -0.2) is 16.8 Å². The smallest absolute Gasteiger partial charge is 0.0762 e. The summed E-state index contributed by atoms with van der Waals surface area (Å²) in [6.45, 7) is 6.34. The molecule has 0 aromatic carbocycles. The lowest BCUT2D eigenvalue weighted by molar-refractivity contribution is 0.436. The van der Waals surface area contributed by atoms with Crippen LogP contribution < -0.4 is 5.32 Å². The summed E-state index contributed by atoms with van der Waals surface area (Å²) < 4.78 is 2.03. The summed E-state index contributed by atoms with van der Waals surface area (Å²) in [5.74, 6) is 0.710. The Morgan fingerprint density at radius 1 is 1.62 bits per heavy atom. The second-order valence-corrected chi connectivity index (χ2v) is 3.57. The SMILES string of the molecule is CCC(C)Cn1ccc(CNC)n1. The van der Waals surface area contributed by atoms with E-state index >= 15 is 0 Å². The van der Waals surface area contributed by atoms with Gasteiger partial charge >= 0.3 is 0 Å². The Morgan fingerprint density at radius 3 is 3.00 bits per heavy atom. The Balaban J connectivity index is 2.48. The third kappa shape index (κ3) is 3.19. The van der Waals surface area contributed by atoms with Gasteiger partial charge in [-0.05, 0) is 19.0 Å². The van der Waals surface area contributed by atoms with Gasteiger partial charge in [-0.25, -0.2) is 0 Å². The van der Waals surface area contributed by atoms with Gasteiger partial charge in [0.1, 0.15) is 0 Å². The van der Waals surface area contributed by atoms with Gasteiger partial charge in [0.25, 0.3) is 0 Å². The molecule has 1 heterocycles. The molecule has 0 spiro atoms. The molecule has 0 amide bonds. The van der Waals surface area contributed by atoms with E-state index in [-0.39, 0.29) is 0 Å². The first-order valence-corrected chi connectivity index (χ1v) is 4.93. The molecular formula is C10H19N3. The second kappa shape index (κ2) is 5.02. The minimum Gasteiger partial charge on any atom is -0.314 e. The molecule has 1 atom stereocenters. The fourth-order valence-corrected chi connectivity index (χ4v) is 1.23. The average molecular weight is 181 g/mol. The van der Waals surface area contributed by atoms with Gasteiger partial charge in [0.05, 0.1) is 5.69 Å². The molecule has 0 fully saturated rings. The minimum absolute atomic E-state index is 0.710. The maximum atomic E-state index is 4.44. The number of nitrogens with one attached hydrogen (secondary N) is 1. The molecule has 1 aromatic heterocycles.